The average Bonchev–Trinajstić information content (AvgIpc) is 2.36. The van der Waals surface area contributed by atoms with Crippen molar-refractivity contribution in [1.29, 1.82) is 0 Å². The topological polar surface area (TPSA) is 58.6 Å². The summed E-state index contributed by atoms with van der Waals surface area (Å²) in [6.45, 7) is 3.92. The number of halogens is 1. The minimum atomic E-state index is -0.471. The van der Waals surface area contributed by atoms with Crippen LogP contribution in [-0.2, 0) is 14.3 Å². The molecule has 1 saturated heterocycles. The Bertz CT molecular complexity index is 273. The van der Waals surface area contributed by atoms with Crippen LogP contribution in [0.25, 0.3) is 0 Å². The minimum Gasteiger partial charge on any atom is -0.377 e. The molecule has 5 nitrogen and oxygen atoms in total. The molecule has 0 aliphatic carbocycles. The summed E-state index contributed by atoms with van der Waals surface area (Å²) in [5.74, 6) is -0.115. The number of morpholine rings is 1. The van der Waals surface area contributed by atoms with Crippen LogP contribution >= 0.6 is 15.9 Å². The van der Waals surface area contributed by atoms with Crippen LogP contribution < -0.4 is 5.32 Å². The highest BCUT2D eigenvalue weighted by Gasteiger charge is 2.31. The van der Waals surface area contributed by atoms with Crippen molar-refractivity contribution in [2.24, 2.45) is 0 Å². The molecule has 1 heterocycles. The molecule has 0 spiro atoms. The Morgan fingerprint density at radius 2 is 2.29 bits per heavy atom. The molecule has 1 aliphatic heterocycles. The lowest BCUT2D eigenvalue weighted by Crippen LogP contribution is -2.56. The van der Waals surface area contributed by atoms with Crippen molar-refractivity contribution >= 4 is 27.7 Å². The number of alkyl halides is 1. The van der Waals surface area contributed by atoms with Gasteiger partial charge in [0.15, 0.2) is 0 Å². The molecule has 6 heteroatoms. The van der Waals surface area contributed by atoms with Gasteiger partial charge < -0.3 is 15.0 Å². The van der Waals surface area contributed by atoms with E-state index in [1.165, 1.54) is 0 Å². The van der Waals surface area contributed by atoms with E-state index < -0.39 is 6.04 Å². The van der Waals surface area contributed by atoms with E-state index in [1.54, 1.807) is 4.90 Å². The Labute approximate surface area is 110 Å². The minimum absolute atomic E-state index is 0.00169. The van der Waals surface area contributed by atoms with Gasteiger partial charge in [0.25, 0.3) is 0 Å². The highest BCUT2D eigenvalue weighted by Crippen LogP contribution is 2.10. The zero-order valence-electron chi connectivity index (χ0n) is 10.1. The summed E-state index contributed by atoms with van der Waals surface area (Å²) >= 11 is 3.24. The van der Waals surface area contributed by atoms with Crippen LogP contribution in [0.15, 0.2) is 0 Å². The highest BCUT2D eigenvalue weighted by molar-refractivity contribution is 9.09. The summed E-state index contributed by atoms with van der Waals surface area (Å²) in [4.78, 5) is 25.3. The van der Waals surface area contributed by atoms with Gasteiger partial charge in [-0.2, -0.15) is 0 Å². The number of hydrogen-bond acceptors (Lipinski definition) is 3. The summed E-state index contributed by atoms with van der Waals surface area (Å²) in [5.41, 5.74) is 0. The van der Waals surface area contributed by atoms with E-state index in [-0.39, 0.29) is 11.8 Å². The molecule has 0 saturated carbocycles. The Kier molecular flexibility index (Phi) is 6.50. The standard InChI is InChI=1S/C11H19BrN2O3/c1-2-5-13-11(16)9-8-17-7-6-14(9)10(15)3-4-12/h9H,2-8H2,1H3,(H,13,16). The first-order chi connectivity index (χ1) is 8.20. The molecule has 1 rings (SSSR count). The van der Waals surface area contributed by atoms with Gasteiger partial charge in [-0.25, -0.2) is 0 Å². The Hall–Kier alpha value is -0.620. The molecule has 0 aromatic rings. The van der Waals surface area contributed by atoms with Gasteiger partial charge in [0.05, 0.1) is 13.2 Å². The summed E-state index contributed by atoms with van der Waals surface area (Å²) < 4.78 is 5.28. The second kappa shape index (κ2) is 7.66. The predicted molar refractivity (Wildman–Crippen MR) is 68.0 cm³/mol. The third-order valence-electron chi connectivity index (χ3n) is 2.61. The molecular weight excluding hydrogens is 288 g/mol. The van der Waals surface area contributed by atoms with Gasteiger partial charge >= 0.3 is 0 Å². The van der Waals surface area contributed by atoms with E-state index in [9.17, 15) is 9.59 Å². The van der Waals surface area contributed by atoms with Crippen LogP contribution in [0, 0.1) is 0 Å². The zero-order chi connectivity index (χ0) is 12.7. The SMILES string of the molecule is CCCNC(=O)C1COCCN1C(=O)CCBr. The normalized spacial score (nSPS) is 20.1. The van der Waals surface area contributed by atoms with E-state index in [1.807, 2.05) is 6.92 Å². The number of nitrogens with one attached hydrogen (secondary N) is 1. The summed E-state index contributed by atoms with van der Waals surface area (Å²) in [6.07, 6.45) is 1.30. The number of hydrogen-bond donors (Lipinski definition) is 1. The van der Waals surface area contributed by atoms with Crippen molar-refractivity contribution in [3.63, 3.8) is 0 Å². The van der Waals surface area contributed by atoms with Crippen molar-refractivity contribution in [2.75, 3.05) is 31.6 Å². The summed E-state index contributed by atoms with van der Waals surface area (Å²) in [7, 11) is 0. The van der Waals surface area contributed by atoms with Crippen LogP contribution in [0.5, 0.6) is 0 Å². The molecule has 0 aromatic carbocycles. The second-order valence-corrected chi connectivity index (χ2v) is 4.70. The molecule has 1 fully saturated rings. The summed E-state index contributed by atoms with van der Waals surface area (Å²) in [5, 5.41) is 3.42. The van der Waals surface area contributed by atoms with E-state index >= 15 is 0 Å². The summed E-state index contributed by atoms with van der Waals surface area (Å²) in [6, 6.07) is -0.471. The van der Waals surface area contributed by atoms with Crippen molar-refractivity contribution in [3.05, 3.63) is 0 Å². The first kappa shape index (κ1) is 14.4. The molecule has 0 radical (unpaired) electrons. The van der Waals surface area contributed by atoms with Crippen molar-refractivity contribution in [2.45, 2.75) is 25.8 Å². The van der Waals surface area contributed by atoms with Gasteiger partial charge in [-0.1, -0.05) is 22.9 Å². The lowest BCUT2D eigenvalue weighted by molar-refractivity contribution is -0.148. The Balaban J connectivity index is 2.58. The molecule has 1 unspecified atom stereocenters. The van der Waals surface area contributed by atoms with Gasteiger partial charge in [-0.3, -0.25) is 9.59 Å². The molecule has 17 heavy (non-hydrogen) atoms. The van der Waals surface area contributed by atoms with E-state index in [0.29, 0.717) is 38.1 Å². The van der Waals surface area contributed by atoms with E-state index in [0.717, 1.165) is 6.42 Å². The predicted octanol–water partition coefficient (Wildman–Crippen LogP) is 0.525. The lowest BCUT2D eigenvalue weighted by Gasteiger charge is -2.34. The first-order valence-electron chi connectivity index (χ1n) is 5.91. The number of nitrogens with zero attached hydrogens (tertiary/aromatic N) is 1. The van der Waals surface area contributed by atoms with Crippen molar-refractivity contribution < 1.29 is 14.3 Å². The number of carbonyl (C=O) groups excluding carboxylic acids is 2. The van der Waals surface area contributed by atoms with Crippen molar-refractivity contribution in [3.8, 4) is 0 Å². The molecule has 1 N–H and O–H groups in total. The van der Waals surface area contributed by atoms with Gasteiger partial charge in [0.2, 0.25) is 11.8 Å². The fourth-order valence-electron chi connectivity index (χ4n) is 1.71. The molecule has 98 valence electrons. The molecule has 0 aromatic heterocycles. The van der Waals surface area contributed by atoms with Crippen molar-refractivity contribution in [1.82, 2.24) is 10.2 Å². The average molecular weight is 307 g/mol. The fourth-order valence-corrected chi connectivity index (χ4v) is 2.05. The second-order valence-electron chi connectivity index (χ2n) is 3.91. The maximum Gasteiger partial charge on any atom is 0.245 e. The number of amides is 2. The van der Waals surface area contributed by atoms with Crippen LogP contribution in [-0.4, -0.2) is 54.4 Å². The van der Waals surface area contributed by atoms with Crippen LogP contribution in [0.4, 0.5) is 0 Å². The maximum absolute atomic E-state index is 11.9. The van der Waals surface area contributed by atoms with Crippen LogP contribution in [0.2, 0.25) is 0 Å². The number of ether oxygens (including phenoxy) is 1. The molecule has 1 atom stereocenters. The number of carbonyl (C=O) groups is 2. The van der Waals surface area contributed by atoms with Crippen LogP contribution in [0.3, 0.4) is 0 Å². The Morgan fingerprint density at radius 3 is 2.94 bits per heavy atom. The lowest BCUT2D eigenvalue weighted by atomic mass is 10.2. The van der Waals surface area contributed by atoms with Gasteiger partial charge in [-0.05, 0) is 6.42 Å². The maximum atomic E-state index is 11.9. The monoisotopic (exact) mass is 306 g/mol. The van der Waals surface area contributed by atoms with E-state index in [2.05, 4.69) is 21.2 Å². The molecule has 0 bridgehead atoms. The zero-order valence-corrected chi connectivity index (χ0v) is 11.7. The van der Waals surface area contributed by atoms with E-state index in [4.69, 9.17) is 4.74 Å². The van der Waals surface area contributed by atoms with Gasteiger partial charge in [0.1, 0.15) is 6.04 Å². The highest BCUT2D eigenvalue weighted by atomic mass is 79.9. The largest absolute Gasteiger partial charge is 0.377 e. The molecule has 1 aliphatic rings. The van der Waals surface area contributed by atoms with Gasteiger partial charge in [0, 0.05) is 24.8 Å². The molecular formula is C11H19BrN2O3. The fraction of sp³-hybridized carbons (Fsp3) is 0.818. The van der Waals surface area contributed by atoms with Crippen LogP contribution in [0.1, 0.15) is 19.8 Å². The first-order valence-corrected chi connectivity index (χ1v) is 7.03. The quantitative estimate of drug-likeness (QED) is 0.754. The third-order valence-corrected chi connectivity index (χ3v) is 3.01. The molecule has 2 amide bonds. The Morgan fingerprint density at radius 1 is 1.53 bits per heavy atom. The smallest absolute Gasteiger partial charge is 0.245 e. The van der Waals surface area contributed by atoms with Gasteiger partial charge in [-0.15, -0.1) is 0 Å². The number of rotatable bonds is 5. The third kappa shape index (κ3) is 4.27.